The fourth-order valence-electron chi connectivity index (χ4n) is 2.84. The summed E-state index contributed by atoms with van der Waals surface area (Å²) in [5.74, 6) is -0.617. The highest BCUT2D eigenvalue weighted by atomic mass is 32.2. The highest BCUT2D eigenvalue weighted by molar-refractivity contribution is 7.89. The first kappa shape index (κ1) is 26.8. The van der Waals surface area contributed by atoms with Gasteiger partial charge in [-0.1, -0.05) is 12.1 Å². The lowest BCUT2D eigenvalue weighted by atomic mass is 10.2. The van der Waals surface area contributed by atoms with Crippen molar-refractivity contribution in [3.8, 4) is 5.75 Å². The van der Waals surface area contributed by atoms with Gasteiger partial charge in [0.25, 0.3) is 5.91 Å². The van der Waals surface area contributed by atoms with Gasteiger partial charge in [-0.3, -0.25) is 14.4 Å². The molecule has 0 bridgehead atoms. The Balaban J connectivity index is 1.73. The number of ether oxygens (including phenoxy) is 2. The van der Waals surface area contributed by atoms with Crippen LogP contribution >= 0.6 is 0 Å². The number of rotatable bonds is 12. The maximum absolute atomic E-state index is 12.3. The quantitative estimate of drug-likeness (QED) is 0.434. The van der Waals surface area contributed by atoms with Gasteiger partial charge in [-0.25, -0.2) is 13.1 Å². The van der Waals surface area contributed by atoms with Gasteiger partial charge in [0.2, 0.25) is 15.9 Å². The molecule has 2 aromatic rings. The highest BCUT2D eigenvalue weighted by Gasteiger charge is 2.16. The summed E-state index contributed by atoms with van der Waals surface area (Å²) in [4.78, 5) is 36.6. The zero-order chi connectivity index (χ0) is 25.1. The van der Waals surface area contributed by atoms with Crippen LogP contribution in [0, 0.1) is 0 Å². The van der Waals surface area contributed by atoms with E-state index in [0.29, 0.717) is 18.8 Å². The molecule has 10 nitrogen and oxygen atoms in total. The molecule has 184 valence electrons. The van der Waals surface area contributed by atoms with Crippen LogP contribution in [0.5, 0.6) is 5.75 Å². The third-order valence-corrected chi connectivity index (χ3v) is 6.02. The fraction of sp³-hybridized carbons (Fsp3) is 0.348. The summed E-state index contributed by atoms with van der Waals surface area (Å²) >= 11 is 0. The monoisotopic (exact) mass is 491 g/mol. The molecule has 0 saturated carbocycles. The van der Waals surface area contributed by atoms with Crippen LogP contribution in [0.25, 0.3) is 0 Å². The largest absolute Gasteiger partial charge is 0.494 e. The van der Waals surface area contributed by atoms with E-state index < -0.39 is 22.6 Å². The summed E-state index contributed by atoms with van der Waals surface area (Å²) in [6, 6.07) is 12.9. The smallest absolute Gasteiger partial charge is 0.307 e. The second-order valence-corrected chi connectivity index (χ2v) is 9.11. The molecule has 2 rings (SSSR count). The Morgan fingerprint density at radius 2 is 1.65 bits per heavy atom. The number of carbonyl (C=O) groups excluding carboxylic acids is 3. The van der Waals surface area contributed by atoms with Crippen LogP contribution in [0.2, 0.25) is 0 Å². The molecule has 0 aliphatic rings. The Morgan fingerprint density at radius 3 is 2.24 bits per heavy atom. The van der Waals surface area contributed by atoms with Crippen molar-refractivity contribution in [3.05, 3.63) is 54.1 Å². The predicted octanol–water partition coefficient (Wildman–Crippen LogP) is 1.91. The van der Waals surface area contributed by atoms with E-state index in [2.05, 4.69) is 10.0 Å². The zero-order valence-corrected chi connectivity index (χ0v) is 20.2. The van der Waals surface area contributed by atoms with E-state index >= 15 is 0 Å². The lowest BCUT2D eigenvalue weighted by molar-refractivity contribution is -0.151. The van der Waals surface area contributed by atoms with Gasteiger partial charge in [0.15, 0.2) is 6.61 Å². The second kappa shape index (κ2) is 12.7. The number of amides is 2. The number of benzene rings is 2. The SMILES string of the molecule is CCOc1ccc(CN(C)C(=O)COC(=O)CCNS(=O)(=O)c2ccc(NC(C)=O)cc2)cc1. The van der Waals surface area contributed by atoms with E-state index in [4.69, 9.17) is 9.47 Å². The molecule has 0 aromatic heterocycles. The van der Waals surface area contributed by atoms with Gasteiger partial charge in [0.1, 0.15) is 5.75 Å². The fourth-order valence-corrected chi connectivity index (χ4v) is 3.87. The van der Waals surface area contributed by atoms with Crippen molar-refractivity contribution in [2.24, 2.45) is 0 Å². The van der Waals surface area contributed by atoms with Gasteiger partial charge in [0, 0.05) is 32.7 Å². The molecule has 11 heteroatoms. The number of likely N-dealkylation sites (N-methyl/N-ethyl adjacent to an activating group) is 1. The van der Waals surface area contributed by atoms with Crippen LogP contribution in [-0.2, 0) is 35.7 Å². The van der Waals surface area contributed by atoms with E-state index in [1.165, 1.54) is 36.1 Å². The van der Waals surface area contributed by atoms with Crippen molar-refractivity contribution < 1.29 is 32.3 Å². The number of nitrogens with zero attached hydrogens (tertiary/aromatic N) is 1. The second-order valence-electron chi connectivity index (χ2n) is 7.34. The standard InChI is InChI=1S/C23H29N3O7S/c1-4-32-20-9-5-18(6-10-20)15-26(3)22(28)16-33-23(29)13-14-24-34(30,31)21-11-7-19(8-12-21)25-17(2)27/h5-12,24H,4,13-16H2,1-3H3,(H,25,27). The van der Waals surface area contributed by atoms with Crippen LogP contribution < -0.4 is 14.8 Å². The van der Waals surface area contributed by atoms with Gasteiger partial charge < -0.3 is 19.7 Å². The molecule has 0 heterocycles. The number of carbonyl (C=O) groups is 3. The lowest BCUT2D eigenvalue weighted by Gasteiger charge is -2.17. The summed E-state index contributed by atoms with van der Waals surface area (Å²) in [7, 11) is -2.25. The van der Waals surface area contributed by atoms with Crippen molar-refractivity contribution in [2.45, 2.75) is 31.7 Å². The minimum atomic E-state index is -3.84. The minimum Gasteiger partial charge on any atom is -0.494 e. The van der Waals surface area contributed by atoms with Gasteiger partial charge in [-0.2, -0.15) is 0 Å². The van der Waals surface area contributed by atoms with Gasteiger partial charge >= 0.3 is 5.97 Å². The summed E-state index contributed by atoms with van der Waals surface area (Å²) in [6.07, 6.45) is -0.237. The number of hydrogen-bond donors (Lipinski definition) is 2. The molecule has 0 radical (unpaired) electrons. The van der Waals surface area contributed by atoms with E-state index in [9.17, 15) is 22.8 Å². The van der Waals surface area contributed by atoms with E-state index in [0.717, 1.165) is 11.3 Å². The third kappa shape index (κ3) is 8.83. The summed E-state index contributed by atoms with van der Waals surface area (Å²) in [5.41, 5.74) is 1.36. The molecular formula is C23H29N3O7S. The van der Waals surface area contributed by atoms with Crippen molar-refractivity contribution >= 4 is 33.5 Å². The summed E-state index contributed by atoms with van der Waals surface area (Å²) in [5, 5.41) is 2.54. The Morgan fingerprint density at radius 1 is 1.00 bits per heavy atom. The molecule has 0 spiro atoms. The normalized spacial score (nSPS) is 10.9. The number of anilines is 1. The summed E-state index contributed by atoms with van der Waals surface area (Å²) in [6.45, 7) is 3.51. The maximum atomic E-state index is 12.3. The van der Waals surface area contributed by atoms with E-state index in [1.54, 1.807) is 7.05 Å². The first-order chi connectivity index (χ1) is 16.1. The number of nitrogens with one attached hydrogen (secondary N) is 2. The first-order valence-corrected chi connectivity index (χ1v) is 12.1. The third-order valence-electron chi connectivity index (χ3n) is 4.54. The van der Waals surface area contributed by atoms with Crippen molar-refractivity contribution in [2.75, 3.05) is 32.1 Å². The number of sulfonamides is 1. The topological polar surface area (TPSA) is 131 Å². The maximum Gasteiger partial charge on any atom is 0.307 e. The predicted molar refractivity (Wildman–Crippen MR) is 126 cm³/mol. The molecule has 0 unspecified atom stereocenters. The summed E-state index contributed by atoms with van der Waals surface area (Å²) < 4.78 is 37.3. The van der Waals surface area contributed by atoms with Crippen LogP contribution in [-0.4, -0.2) is 57.9 Å². The Labute approximate surface area is 199 Å². The molecule has 0 saturated heterocycles. The minimum absolute atomic E-state index is 0.0129. The van der Waals surface area contributed by atoms with Crippen molar-refractivity contribution in [1.29, 1.82) is 0 Å². The molecule has 2 N–H and O–H groups in total. The molecular weight excluding hydrogens is 462 g/mol. The molecule has 34 heavy (non-hydrogen) atoms. The molecule has 0 fully saturated rings. The van der Waals surface area contributed by atoms with E-state index in [1.807, 2.05) is 31.2 Å². The van der Waals surface area contributed by atoms with Crippen molar-refractivity contribution in [3.63, 3.8) is 0 Å². The Kier molecular flexibility index (Phi) is 10.0. The van der Waals surface area contributed by atoms with Gasteiger partial charge in [-0.05, 0) is 48.9 Å². The Bertz CT molecular complexity index is 1080. The Hall–Kier alpha value is -3.44. The molecule has 0 aliphatic heterocycles. The van der Waals surface area contributed by atoms with Crippen molar-refractivity contribution in [1.82, 2.24) is 9.62 Å². The van der Waals surface area contributed by atoms with Crippen LogP contribution in [0.1, 0.15) is 25.8 Å². The molecule has 2 aromatic carbocycles. The van der Waals surface area contributed by atoms with Crippen LogP contribution in [0.4, 0.5) is 5.69 Å². The van der Waals surface area contributed by atoms with Crippen LogP contribution in [0.15, 0.2) is 53.4 Å². The highest BCUT2D eigenvalue weighted by Crippen LogP contribution is 2.14. The van der Waals surface area contributed by atoms with Gasteiger partial charge in [-0.15, -0.1) is 0 Å². The molecule has 0 aliphatic carbocycles. The average Bonchev–Trinajstić information content (AvgIpc) is 2.78. The number of hydrogen-bond acceptors (Lipinski definition) is 7. The first-order valence-electron chi connectivity index (χ1n) is 10.6. The zero-order valence-electron chi connectivity index (χ0n) is 19.4. The lowest BCUT2D eigenvalue weighted by Crippen LogP contribution is -2.31. The van der Waals surface area contributed by atoms with E-state index in [-0.39, 0.29) is 29.7 Å². The van der Waals surface area contributed by atoms with Crippen LogP contribution in [0.3, 0.4) is 0 Å². The van der Waals surface area contributed by atoms with Gasteiger partial charge in [0.05, 0.1) is 17.9 Å². The molecule has 2 amide bonds. The average molecular weight is 492 g/mol. The number of esters is 1. The molecule has 0 atom stereocenters.